The lowest BCUT2D eigenvalue weighted by Crippen LogP contribution is -2.41. The summed E-state index contributed by atoms with van der Waals surface area (Å²) in [5.41, 5.74) is 5.73. The summed E-state index contributed by atoms with van der Waals surface area (Å²) in [6.45, 7) is 9.24. The minimum atomic E-state index is -0.328. The van der Waals surface area contributed by atoms with E-state index in [9.17, 15) is 4.39 Å². The molecule has 4 aromatic rings. The highest BCUT2D eigenvalue weighted by Crippen LogP contribution is 2.38. The number of nitrogens with zero attached hydrogens (tertiary/aromatic N) is 5. The van der Waals surface area contributed by atoms with E-state index in [1.165, 1.54) is 12.1 Å². The van der Waals surface area contributed by atoms with Crippen LogP contribution >= 0.6 is 0 Å². The summed E-state index contributed by atoms with van der Waals surface area (Å²) in [6, 6.07) is 12.6. The Kier molecular flexibility index (Phi) is 6.78. The summed E-state index contributed by atoms with van der Waals surface area (Å²) in [5, 5.41) is 4.54. The summed E-state index contributed by atoms with van der Waals surface area (Å²) in [5.74, 6) is 0.537. The SMILES string of the molecule is Cc1c(-c2ccccn2)nc2cc(F)ccc2c1Nc1cc(N2CCO[C@@H](C)C2)cnc1N1CCOCC1. The van der Waals surface area contributed by atoms with Gasteiger partial charge in [0.05, 0.1) is 66.1 Å². The van der Waals surface area contributed by atoms with Gasteiger partial charge in [-0.3, -0.25) is 4.98 Å². The fraction of sp³-hybridized carbons (Fsp3) is 0.345. The Morgan fingerprint density at radius 2 is 1.84 bits per heavy atom. The lowest BCUT2D eigenvalue weighted by atomic mass is 10.0. The van der Waals surface area contributed by atoms with E-state index in [1.54, 1.807) is 12.3 Å². The molecule has 1 N–H and O–H groups in total. The Morgan fingerprint density at radius 1 is 1.00 bits per heavy atom. The molecule has 8 nitrogen and oxygen atoms in total. The molecule has 9 heteroatoms. The number of hydrogen-bond acceptors (Lipinski definition) is 8. The number of morpholine rings is 2. The van der Waals surface area contributed by atoms with E-state index < -0.39 is 0 Å². The maximum Gasteiger partial charge on any atom is 0.152 e. The zero-order chi connectivity index (χ0) is 26.1. The van der Waals surface area contributed by atoms with Crippen molar-refractivity contribution in [2.45, 2.75) is 20.0 Å². The van der Waals surface area contributed by atoms with Crippen LogP contribution in [-0.4, -0.2) is 67.1 Å². The molecule has 5 heterocycles. The van der Waals surface area contributed by atoms with E-state index in [0.29, 0.717) is 31.0 Å². The zero-order valence-corrected chi connectivity index (χ0v) is 21.7. The number of halogens is 1. The number of anilines is 4. The molecule has 1 atom stereocenters. The van der Waals surface area contributed by atoms with Crippen molar-refractivity contribution in [1.29, 1.82) is 0 Å². The molecular formula is C29H31FN6O2. The number of ether oxygens (including phenoxy) is 2. The average Bonchev–Trinajstić information content (AvgIpc) is 2.95. The summed E-state index contributed by atoms with van der Waals surface area (Å²) in [7, 11) is 0. The van der Waals surface area contributed by atoms with Gasteiger partial charge in [-0.1, -0.05) is 6.07 Å². The molecule has 2 aliphatic heterocycles. The second-order valence-corrected chi connectivity index (χ2v) is 9.75. The molecule has 0 bridgehead atoms. The molecule has 1 aromatic carbocycles. The Morgan fingerprint density at radius 3 is 2.63 bits per heavy atom. The summed E-state index contributed by atoms with van der Waals surface area (Å²) < 4.78 is 25.7. The molecule has 2 fully saturated rings. The third kappa shape index (κ3) is 4.87. The van der Waals surface area contributed by atoms with E-state index in [4.69, 9.17) is 19.4 Å². The first-order valence-electron chi connectivity index (χ1n) is 13.0. The summed E-state index contributed by atoms with van der Waals surface area (Å²) in [6.07, 6.45) is 3.84. The van der Waals surface area contributed by atoms with Gasteiger partial charge in [0.1, 0.15) is 5.82 Å². The fourth-order valence-electron chi connectivity index (χ4n) is 5.17. The third-order valence-corrected chi connectivity index (χ3v) is 7.13. The van der Waals surface area contributed by atoms with Crippen LogP contribution in [0, 0.1) is 12.7 Å². The Balaban J connectivity index is 1.49. The molecule has 2 aliphatic rings. The van der Waals surface area contributed by atoms with E-state index >= 15 is 0 Å². The highest BCUT2D eigenvalue weighted by Gasteiger charge is 2.23. The number of nitrogens with one attached hydrogen (secondary N) is 1. The number of aromatic nitrogens is 3. The minimum Gasteiger partial charge on any atom is -0.378 e. The maximum atomic E-state index is 14.3. The van der Waals surface area contributed by atoms with Gasteiger partial charge in [0.25, 0.3) is 0 Å². The van der Waals surface area contributed by atoms with Crippen molar-refractivity contribution in [3.63, 3.8) is 0 Å². The fourth-order valence-corrected chi connectivity index (χ4v) is 5.17. The van der Waals surface area contributed by atoms with Gasteiger partial charge in [-0.05, 0) is 44.2 Å². The number of pyridine rings is 3. The lowest BCUT2D eigenvalue weighted by molar-refractivity contribution is 0.0532. The van der Waals surface area contributed by atoms with Crippen LogP contribution in [0.5, 0.6) is 0 Å². The van der Waals surface area contributed by atoms with E-state index in [-0.39, 0.29) is 11.9 Å². The second-order valence-electron chi connectivity index (χ2n) is 9.75. The molecule has 0 unspecified atom stereocenters. The van der Waals surface area contributed by atoms with Gasteiger partial charge in [-0.25, -0.2) is 14.4 Å². The summed E-state index contributed by atoms with van der Waals surface area (Å²) >= 11 is 0. The molecule has 0 amide bonds. The van der Waals surface area contributed by atoms with Crippen LogP contribution in [0.3, 0.4) is 0 Å². The van der Waals surface area contributed by atoms with Crippen molar-refractivity contribution >= 4 is 33.8 Å². The van der Waals surface area contributed by atoms with Crippen molar-refractivity contribution in [1.82, 2.24) is 15.0 Å². The van der Waals surface area contributed by atoms with Gasteiger partial charge in [-0.15, -0.1) is 0 Å². The maximum absolute atomic E-state index is 14.3. The standard InChI is InChI=1S/C29H31FN6O2/c1-19-18-36(11-14-38-19)22-16-26(29(32-17-22)35-9-12-37-13-10-35)34-27-20(2)28(24-5-3-4-8-31-24)33-25-15-21(30)6-7-23(25)27/h3-8,15-17,19H,9-14,18H2,1-2H3,(H,33,34)/t19-/m0/s1. The van der Waals surface area contributed by atoms with Crippen molar-refractivity contribution in [3.8, 4) is 11.4 Å². The molecule has 6 rings (SSSR count). The van der Waals surface area contributed by atoms with Crippen molar-refractivity contribution in [2.75, 3.05) is 61.1 Å². The number of rotatable bonds is 5. The quantitative estimate of drug-likeness (QED) is 0.401. The Hall–Kier alpha value is -3.82. The molecule has 3 aromatic heterocycles. The number of fused-ring (bicyclic) bond motifs is 1. The van der Waals surface area contributed by atoms with Crippen LogP contribution in [0.1, 0.15) is 12.5 Å². The van der Waals surface area contributed by atoms with Crippen LogP contribution in [0.4, 0.5) is 27.3 Å². The molecular weight excluding hydrogens is 483 g/mol. The van der Waals surface area contributed by atoms with Crippen LogP contribution in [-0.2, 0) is 9.47 Å². The molecule has 0 aliphatic carbocycles. The van der Waals surface area contributed by atoms with Gasteiger partial charge >= 0.3 is 0 Å². The first kappa shape index (κ1) is 24.5. The van der Waals surface area contributed by atoms with E-state index in [2.05, 4.69) is 33.1 Å². The van der Waals surface area contributed by atoms with Gasteiger partial charge < -0.3 is 24.6 Å². The molecule has 196 valence electrons. The smallest absolute Gasteiger partial charge is 0.152 e. The van der Waals surface area contributed by atoms with Gasteiger partial charge in [0.2, 0.25) is 0 Å². The Bertz CT molecular complexity index is 1440. The van der Waals surface area contributed by atoms with Crippen molar-refractivity contribution < 1.29 is 13.9 Å². The second kappa shape index (κ2) is 10.5. The Labute approximate surface area is 221 Å². The minimum absolute atomic E-state index is 0.154. The highest BCUT2D eigenvalue weighted by atomic mass is 19.1. The van der Waals surface area contributed by atoms with Gasteiger partial charge in [0.15, 0.2) is 5.82 Å². The van der Waals surface area contributed by atoms with Gasteiger partial charge in [0, 0.05) is 49.4 Å². The molecule has 0 saturated carbocycles. The molecule has 2 saturated heterocycles. The number of hydrogen-bond donors (Lipinski definition) is 1. The predicted octanol–water partition coefficient (Wildman–Crippen LogP) is 4.94. The van der Waals surface area contributed by atoms with Crippen LogP contribution < -0.4 is 15.1 Å². The highest BCUT2D eigenvalue weighted by molar-refractivity contribution is 5.98. The molecule has 0 radical (unpaired) electrons. The largest absolute Gasteiger partial charge is 0.378 e. The first-order chi connectivity index (χ1) is 18.6. The normalized spacial score (nSPS) is 18.1. The summed E-state index contributed by atoms with van der Waals surface area (Å²) in [4.78, 5) is 18.8. The van der Waals surface area contributed by atoms with Crippen LogP contribution in [0.15, 0.2) is 54.9 Å². The zero-order valence-electron chi connectivity index (χ0n) is 21.7. The van der Waals surface area contributed by atoms with Crippen molar-refractivity contribution in [2.24, 2.45) is 0 Å². The van der Waals surface area contributed by atoms with E-state index in [0.717, 1.165) is 65.7 Å². The van der Waals surface area contributed by atoms with Crippen molar-refractivity contribution in [3.05, 3.63) is 66.2 Å². The number of benzene rings is 1. The lowest BCUT2D eigenvalue weighted by Gasteiger charge is -2.34. The predicted molar refractivity (Wildman–Crippen MR) is 148 cm³/mol. The average molecular weight is 515 g/mol. The molecule has 0 spiro atoms. The first-order valence-corrected chi connectivity index (χ1v) is 13.0. The van der Waals surface area contributed by atoms with Gasteiger partial charge in [-0.2, -0.15) is 0 Å². The van der Waals surface area contributed by atoms with Crippen LogP contribution in [0.2, 0.25) is 0 Å². The third-order valence-electron chi connectivity index (χ3n) is 7.13. The molecule has 38 heavy (non-hydrogen) atoms. The monoisotopic (exact) mass is 514 g/mol. The van der Waals surface area contributed by atoms with E-state index in [1.807, 2.05) is 31.3 Å². The topological polar surface area (TPSA) is 75.6 Å². The van der Waals surface area contributed by atoms with Crippen LogP contribution in [0.25, 0.3) is 22.3 Å².